The van der Waals surface area contributed by atoms with Crippen LogP contribution in [0.5, 0.6) is 0 Å². The Bertz CT molecular complexity index is 427. The number of carbonyl (C=O) groups is 1. The second kappa shape index (κ2) is 9.17. The molecule has 0 spiro atoms. The second-order valence-corrected chi connectivity index (χ2v) is 5.95. The second-order valence-electron chi connectivity index (χ2n) is 3.80. The smallest absolute Gasteiger partial charge is 0.194 e. The van der Waals surface area contributed by atoms with Gasteiger partial charge in [0.15, 0.2) is 5.78 Å². The van der Waals surface area contributed by atoms with Gasteiger partial charge in [0.05, 0.1) is 0 Å². The van der Waals surface area contributed by atoms with E-state index < -0.39 is 0 Å². The van der Waals surface area contributed by atoms with E-state index >= 15 is 0 Å². The highest BCUT2D eigenvalue weighted by Crippen LogP contribution is 2.24. The van der Waals surface area contributed by atoms with Crippen molar-refractivity contribution in [1.82, 2.24) is 0 Å². The van der Waals surface area contributed by atoms with Crippen LogP contribution in [-0.2, 0) is 0 Å². The first-order valence-corrected chi connectivity index (χ1v) is 8.09. The van der Waals surface area contributed by atoms with E-state index in [2.05, 4.69) is 20.4 Å². The van der Waals surface area contributed by atoms with Gasteiger partial charge in [-0.3, -0.25) is 4.79 Å². The Morgan fingerprint density at radius 3 is 2.39 bits per heavy atom. The van der Waals surface area contributed by atoms with Crippen molar-refractivity contribution in [3.63, 3.8) is 0 Å². The number of Topliss-reactive ketones (excluding diaryl/α,β-unsaturated/α-hetero) is 1. The quantitative estimate of drug-likeness (QED) is 0.413. The number of hydrogen-bond donors (Lipinski definition) is 0. The first-order chi connectivity index (χ1) is 8.53. The third kappa shape index (κ3) is 4.83. The maximum Gasteiger partial charge on any atom is 0.194 e. The molecule has 0 N–H and O–H groups in total. The SMILES string of the molecule is C=CC(C(=O)c1ccsc1C)=C(C)SC.CCC. The first-order valence-electron chi connectivity index (χ1n) is 5.99. The predicted molar refractivity (Wildman–Crippen MR) is 85.8 cm³/mol. The van der Waals surface area contributed by atoms with Crippen LogP contribution in [0.3, 0.4) is 0 Å². The van der Waals surface area contributed by atoms with Gasteiger partial charge in [-0.2, -0.15) is 0 Å². The Kier molecular flexibility index (Phi) is 8.77. The van der Waals surface area contributed by atoms with Crippen LogP contribution < -0.4 is 0 Å². The molecular weight excluding hydrogens is 260 g/mol. The summed E-state index contributed by atoms with van der Waals surface area (Å²) in [5.41, 5.74) is 1.51. The van der Waals surface area contributed by atoms with E-state index in [9.17, 15) is 4.79 Å². The van der Waals surface area contributed by atoms with Crippen LogP contribution in [0.2, 0.25) is 0 Å². The van der Waals surface area contributed by atoms with Crippen LogP contribution >= 0.6 is 23.1 Å². The van der Waals surface area contributed by atoms with Gasteiger partial charge in [-0.1, -0.05) is 32.9 Å². The van der Waals surface area contributed by atoms with Crippen molar-refractivity contribution < 1.29 is 4.79 Å². The molecule has 1 heterocycles. The van der Waals surface area contributed by atoms with Gasteiger partial charge in [-0.25, -0.2) is 0 Å². The fourth-order valence-corrected chi connectivity index (χ4v) is 2.36. The number of aryl methyl sites for hydroxylation is 1. The Hall–Kier alpha value is -0.800. The van der Waals surface area contributed by atoms with Crippen LogP contribution in [0.1, 0.15) is 42.4 Å². The molecule has 0 fully saturated rings. The molecule has 0 atom stereocenters. The zero-order chi connectivity index (χ0) is 14.1. The molecule has 1 aromatic heterocycles. The first kappa shape index (κ1) is 17.2. The molecule has 0 bridgehead atoms. The lowest BCUT2D eigenvalue weighted by Crippen LogP contribution is -2.03. The summed E-state index contributed by atoms with van der Waals surface area (Å²) in [7, 11) is 0. The largest absolute Gasteiger partial charge is 0.289 e. The minimum Gasteiger partial charge on any atom is -0.289 e. The lowest BCUT2D eigenvalue weighted by Gasteiger charge is -2.04. The minimum atomic E-state index is 0.0793. The molecule has 0 amide bonds. The van der Waals surface area contributed by atoms with Gasteiger partial charge in [-0.15, -0.1) is 23.1 Å². The normalized spacial score (nSPS) is 11.2. The summed E-state index contributed by atoms with van der Waals surface area (Å²) < 4.78 is 0. The molecule has 0 aliphatic carbocycles. The lowest BCUT2D eigenvalue weighted by atomic mass is 10.0. The van der Waals surface area contributed by atoms with Crippen LogP contribution in [0.15, 0.2) is 34.6 Å². The summed E-state index contributed by atoms with van der Waals surface area (Å²) in [4.78, 5) is 14.2. The van der Waals surface area contributed by atoms with E-state index in [4.69, 9.17) is 0 Å². The van der Waals surface area contributed by atoms with Crippen molar-refractivity contribution in [2.45, 2.75) is 34.1 Å². The topological polar surface area (TPSA) is 17.1 Å². The highest BCUT2D eigenvalue weighted by atomic mass is 32.2. The molecule has 100 valence electrons. The van der Waals surface area contributed by atoms with Crippen molar-refractivity contribution in [2.24, 2.45) is 0 Å². The molecule has 0 aromatic carbocycles. The maximum absolute atomic E-state index is 12.1. The van der Waals surface area contributed by atoms with Gasteiger partial charge < -0.3 is 0 Å². The van der Waals surface area contributed by atoms with E-state index in [1.54, 1.807) is 29.2 Å². The maximum atomic E-state index is 12.1. The number of rotatable bonds is 4. The zero-order valence-corrected chi connectivity index (χ0v) is 13.5. The standard InChI is InChI=1S/C12H14OS2.C3H8/c1-5-10(8(2)14-4)12(13)11-6-7-15-9(11)3;1-3-2/h5-7H,1H2,2-4H3;3H2,1-2H3. The van der Waals surface area contributed by atoms with Crippen molar-refractivity contribution in [3.05, 3.63) is 45.0 Å². The summed E-state index contributed by atoms with van der Waals surface area (Å²) in [5, 5.41) is 1.94. The van der Waals surface area contributed by atoms with E-state index in [0.29, 0.717) is 5.57 Å². The highest BCUT2D eigenvalue weighted by Gasteiger charge is 2.14. The fourth-order valence-electron chi connectivity index (χ4n) is 1.27. The van der Waals surface area contributed by atoms with Crippen LogP contribution in [0, 0.1) is 6.92 Å². The molecule has 1 aromatic rings. The van der Waals surface area contributed by atoms with Crippen molar-refractivity contribution in [3.8, 4) is 0 Å². The van der Waals surface area contributed by atoms with Crippen LogP contribution in [0.25, 0.3) is 0 Å². The lowest BCUT2D eigenvalue weighted by molar-refractivity contribution is 0.103. The van der Waals surface area contributed by atoms with E-state index in [0.717, 1.165) is 15.3 Å². The van der Waals surface area contributed by atoms with Gasteiger partial charge >= 0.3 is 0 Å². The number of ketones is 1. The molecule has 0 aliphatic heterocycles. The van der Waals surface area contributed by atoms with E-state index in [1.807, 2.05) is 31.5 Å². The van der Waals surface area contributed by atoms with Crippen molar-refractivity contribution in [1.29, 1.82) is 0 Å². The molecule has 0 aliphatic rings. The fraction of sp³-hybridized carbons (Fsp3) is 0.400. The van der Waals surface area contributed by atoms with Gasteiger partial charge in [0.2, 0.25) is 0 Å². The van der Waals surface area contributed by atoms with Gasteiger partial charge in [0.25, 0.3) is 0 Å². The summed E-state index contributed by atoms with van der Waals surface area (Å²) in [5.74, 6) is 0.0793. The summed E-state index contributed by atoms with van der Waals surface area (Å²) in [6, 6.07) is 1.87. The molecule has 3 heteroatoms. The Morgan fingerprint density at radius 2 is 2.06 bits per heavy atom. The number of thiophene rings is 1. The van der Waals surface area contributed by atoms with Gasteiger partial charge in [-0.05, 0) is 36.5 Å². The van der Waals surface area contributed by atoms with Crippen LogP contribution in [-0.4, -0.2) is 12.0 Å². The van der Waals surface area contributed by atoms with Gasteiger partial charge in [0, 0.05) is 16.0 Å². The van der Waals surface area contributed by atoms with Crippen LogP contribution in [0.4, 0.5) is 0 Å². The average molecular weight is 282 g/mol. The minimum absolute atomic E-state index is 0.0793. The average Bonchev–Trinajstić information content (AvgIpc) is 2.77. The molecular formula is C15H22OS2. The number of hydrogen-bond acceptors (Lipinski definition) is 3. The predicted octanol–water partition coefficient (Wildman–Crippen LogP) is 5.48. The van der Waals surface area contributed by atoms with Crippen molar-refractivity contribution >= 4 is 28.9 Å². The summed E-state index contributed by atoms with van der Waals surface area (Å²) >= 11 is 3.18. The summed E-state index contributed by atoms with van der Waals surface area (Å²) in [6.45, 7) is 11.9. The Labute approximate surface area is 119 Å². The molecule has 1 rings (SSSR count). The number of thioether (sulfide) groups is 1. The molecule has 0 saturated heterocycles. The summed E-state index contributed by atoms with van der Waals surface area (Å²) in [6.07, 6.45) is 4.86. The third-order valence-electron chi connectivity index (χ3n) is 2.24. The van der Waals surface area contributed by atoms with E-state index in [1.165, 1.54) is 6.42 Å². The monoisotopic (exact) mass is 282 g/mol. The molecule has 1 nitrogen and oxygen atoms in total. The molecule has 0 saturated carbocycles. The van der Waals surface area contributed by atoms with Crippen molar-refractivity contribution in [2.75, 3.05) is 6.26 Å². The highest BCUT2D eigenvalue weighted by molar-refractivity contribution is 8.02. The van der Waals surface area contributed by atoms with Gasteiger partial charge in [0.1, 0.15) is 0 Å². The zero-order valence-electron chi connectivity index (χ0n) is 11.9. The van der Waals surface area contributed by atoms with E-state index in [-0.39, 0.29) is 5.78 Å². The Balaban J connectivity index is 0.000000873. The molecule has 18 heavy (non-hydrogen) atoms. The third-order valence-corrected chi connectivity index (χ3v) is 3.92. The number of carbonyl (C=O) groups excluding carboxylic acids is 1. The molecule has 0 radical (unpaired) electrons. The molecule has 0 unspecified atom stereocenters. The number of allylic oxidation sites excluding steroid dienone is 3. The Morgan fingerprint density at radius 1 is 1.50 bits per heavy atom.